The largest absolute Gasteiger partial charge is 0.462 e. The molecule has 1 heterocycles. The van der Waals surface area contributed by atoms with Crippen molar-refractivity contribution in [3.05, 3.63) is 16.0 Å². The topological polar surface area (TPSA) is 55.4 Å². The molecule has 0 atom stereocenters. The van der Waals surface area contributed by atoms with E-state index in [0.717, 1.165) is 49.0 Å². The summed E-state index contributed by atoms with van der Waals surface area (Å²) in [5, 5.41) is 2.98. The van der Waals surface area contributed by atoms with Crippen LogP contribution in [0.15, 0.2) is 0 Å². The number of rotatable bonds is 4. The van der Waals surface area contributed by atoms with E-state index in [-0.39, 0.29) is 0 Å². The lowest BCUT2D eigenvalue weighted by Gasteiger charge is -2.12. The van der Waals surface area contributed by atoms with Gasteiger partial charge < -0.3 is 10.1 Å². The number of carbonyl (C=O) groups excluding carboxylic acids is 2. The van der Waals surface area contributed by atoms with Gasteiger partial charge in [0.15, 0.2) is 0 Å². The molecule has 1 N–H and O–H groups in total. The fraction of sp³-hybridized carbons (Fsp3) is 0.600. The number of halogens is 3. The van der Waals surface area contributed by atoms with Crippen LogP contribution in [0.1, 0.15) is 53.4 Å². The number of hydrogen-bond acceptors (Lipinski definition) is 4. The quantitative estimate of drug-likeness (QED) is 0.446. The SMILES string of the molecule is CCCOC(=O)c1c(NC(=O)C(Cl)(Cl)Cl)sc2c1CCCCC2. The molecular weight excluding hydrogens is 381 g/mol. The summed E-state index contributed by atoms with van der Waals surface area (Å²) in [6.07, 6.45) is 5.61. The normalized spacial score (nSPS) is 14.8. The maximum atomic E-state index is 12.4. The molecular formula is C15H18Cl3NO3S. The summed E-state index contributed by atoms with van der Waals surface area (Å²) in [6, 6.07) is 0. The third kappa shape index (κ3) is 4.75. The zero-order valence-electron chi connectivity index (χ0n) is 12.7. The van der Waals surface area contributed by atoms with Crippen LogP contribution in [-0.4, -0.2) is 22.3 Å². The minimum absolute atomic E-state index is 0.335. The van der Waals surface area contributed by atoms with Crippen LogP contribution < -0.4 is 5.32 Å². The van der Waals surface area contributed by atoms with Crippen LogP contribution in [0.25, 0.3) is 0 Å². The summed E-state index contributed by atoms with van der Waals surface area (Å²) in [4.78, 5) is 25.5. The van der Waals surface area contributed by atoms with Gasteiger partial charge in [-0.25, -0.2) is 4.79 Å². The van der Waals surface area contributed by atoms with E-state index in [4.69, 9.17) is 39.5 Å². The molecule has 1 amide bonds. The van der Waals surface area contributed by atoms with Crippen LogP contribution in [0, 0.1) is 0 Å². The number of amides is 1. The molecule has 0 unspecified atom stereocenters. The maximum absolute atomic E-state index is 12.4. The van der Waals surface area contributed by atoms with Gasteiger partial charge in [-0.2, -0.15) is 0 Å². The molecule has 2 rings (SSSR count). The second kappa shape index (κ2) is 8.06. The molecule has 1 aliphatic rings. The number of fused-ring (bicyclic) bond motifs is 1. The fourth-order valence-corrected chi connectivity index (χ4v) is 3.90. The predicted molar refractivity (Wildman–Crippen MR) is 95.1 cm³/mol. The molecule has 0 saturated heterocycles. The highest BCUT2D eigenvalue weighted by atomic mass is 35.6. The second-order valence-electron chi connectivity index (χ2n) is 5.36. The Morgan fingerprint density at radius 3 is 2.57 bits per heavy atom. The van der Waals surface area contributed by atoms with Crippen LogP contribution >= 0.6 is 46.1 Å². The highest BCUT2D eigenvalue weighted by Crippen LogP contribution is 2.39. The van der Waals surface area contributed by atoms with Gasteiger partial charge in [-0.15, -0.1) is 11.3 Å². The number of ether oxygens (including phenoxy) is 1. The molecule has 8 heteroatoms. The first kappa shape index (κ1) is 18.8. The van der Waals surface area contributed by atoms with Gasteiger partial charge in [-0.1, -0.05) is 48.1 Å². The molecule has 1 aliphatic carbocycles. The average molecular weight is 399 g/mol. The number of aryl methyl sites for hydroxylation is 1. The van der Waals surface area contributed by atoms with Crippen molar-refractivity contribution in [1.82, 2.24) is 0 Å². The van der Waals surface area contributed by atoms with Crippen LogP contribution in [0.5, 0.6) is 0 Å². The average Bonchev–Trinajstić information content (AvgIpc) is 2.65. The first-order valence-electron chi connectivity index (χ1n) is 7.54. The Balaban J connectivity index is 2.36. The van der Waals surface area contributed by atoms with Crippen molar-refractivity contribution < 1.29 is 14.3 Å². The summed E-state index contributed by atoms with van der Waals surface area (Å²) in [6.45, 7) is 2.26. The molecule has 0 fully saturated rings. The van der Waals surface area contributed by atoms with Gasteiger partial charge in [-0.3, -0.25) is 4.79 Å². The zero-order chi connectivity index (χ0) is 17.0. The Hall–Kier alpha value is -0.490. The lowest BCUT2D eigenvalue weighted by atomic mass is 10.1. The van der Waals surface area contributed by atoms with Gasteiger partial charge in [0.05, 0.1) is 12.2 Å². The van der Waals surface area contributed by atoms with Crippen molar-refractivity contribution >= 4 is 63.0 Å². The van der Waals surface area contributed by atoms with Crippen molar-refractivity contribution in [2.45, 2.75) is 49.2 Å². The van der Waals surface area contributed by atoms with Crippen molar-refractivity contribution in [2.24, 2.45) is 0 Å². The van der Waals surface area contributed by atoms with E-state index >= 15 is 0 Å². The number of hydrogen-bond donors (Lipinski definition) is 1. The summed E-state index contributed by atoms with van der Waals surface area (Å²) in [5.74, 6) is -1.20. The summed E-state index contributed by atoms with van der Waals surface area (Å²) >= 11 is 18.2. The molecule has 0 radical (unpaired) electrons. The van der Waals surface area contributed by atoms with Crippen LogP contribution in [0.2, 0.25) is 0 Å². The first-order valence-corrected chi connectivity index (χ1v) is 9.49. The highest BCUT2D eigenvalue weighted by molar-refractivity contribution is 7.17. The van der Waals surface area contributed by atoms with Crippen molar-refractivity contribution in [1.29, 1.82) is 0 Å². The minimum Gasteiger partial charge on any atom is -0.462 e. The lowest BCUT2D eigenvalue weighted by Crippen LogP contribution is -2.27. The van der Waals surface area contributed by atoms with Crippen molar-refractivity contribution in [3.63, 3.8) is 0 Å². The Labute approximate surface area is 154 Å². The molecule has 0 bridgehead atoms. The maximum Gasteiger partial charge on any atom is 0.341 e. The molecule has 1 aromatic heterocycles. The van der Waals surface area contributed by atoms with E-state index in [0.29, 0.717) is 17.2 Å². The number of esters is 1. The van der Waals surface area contributed by atoms with Gasteiger partial charge in [0.25, 0.3) is 9.70 Å². The van der Waals surface area contributed by atoms with Crippen LogP contribution in [0.4, 0.5) is 5.00 Å². The second-order valence-corrected chi connectivity index (χ2v) is 8.74. The van der Waals surface area contributed by atoms with Crippen LogP contribution in [-0.2, 0) is 22.4 Å². The molecule has 0 spiro atoms. The third-order valence-electron chi connectivity index (χ3n) is 3.55. The van der Waals surface area contributed by atoms with Gasteiger partial charge >= 0.3 is 5.97 Å². The van der Waals surface area contributed by atoms with E-state index in [1.807, 2.05) is 6.92 Å². The van der Waals surface area contributed by atoms with Gasteiger partial charge in [0.2, 0.25) is 0 Å². The molecule has 0 saturated carbocycles. The minimum atomic E-state index is -2.08. The van der Waals surface area contributed by atoms with Crippen molar-refractivity contribution in [2.75, 3.05) is 11.9 Å². The standard InChI is InChI=1S/C15H18Cl3NO3S/c1-2-8-22-13(20)11-9-6-4-3-5-7-10(9)23-12(11)19-14(21)15(16,17)18/h2-8H2,1H3,(H,19,21). The Kier molecular flexibility index (Phi) is 6.60. The number of anilines is 1. The van der Waals surface area contributed by atoms with Crippen LogP contribution in [0.3, 0.4) is 0 Å². The molecule has 128 valence electrons. The highest BCUT2D eigenvalue weighted by Gasteiger charge is 2.34. The van der Waals surface area contributed by atoms with Gasteiger partial charge in [0, 0.05) is 4.88 Å². The summed E-state index contributed by atoms with van der Waals surface area (Å²) in [5.41, 5.74) is 1.39. The molecule has 0 aromatic carbocycles. The third-order valence-corrected chi connectivity index (χ3v) is 5.27. The van der Waals surface area contributed by atoms with Crippen molar-refractivity contribution in [3.8, 4) is 0 Å². The Morgan fingerprint density at radius 2 is 1.91 bits per heavy atom. The molecule has 4 nitrogen and oxygen atoms in total. The smallest absolute Gasteiger partial charge is 0.341 e. The van der Waals surface area contributed by atoms with E-state index in [1.165, 1.54) is 11.3 Å². The van der Waals surface area contributed by atoms with E-state index in [9.17, 15) is 9.59 Å². The molecule has 1 aromatic rings. The molecule has 23 heavy (non-hydrogen) atoms. The summed E-state index contributed by atoms with van der Waals surface area (Å²) < 4.78 is 3.19. The van der Waals surface area contributed by atoms with E-state index in [1.54, 1.807) is 0 Å². The zero-order valence-corrected chi connectivity index (χ0v) is 15.8. The monoisotopic (exact) mass is 397 g/mol. The fourth-order valence-electron chi connectivity index (χ4n) is 2.49. The lowest BCUT2D eigenvalue weighted by molar-refractivity contribution is -0.115. The Morgan fingerprint density at radius 1 is 1.22 bits per heavy atom. The van der Waals surface area contributed by atoms with E-state index in [2.05, 4.69) is 5.32 Å². The number of carbonyl (C=O) groups is 2. The summed E-state index contributed by atoms with van der Waals surface area (Å²) in [7, 11) is 0. The number of alkyl halides is 3. The van der Waals surface area contributed by atoms with Gasteiger partial charge in [-0.05, 0) is 37.7 Å². The number of nitrogens with one attached hydrogen (secondary N) is 1. The van der Waals surface area contributed by atoms with E-state index < -0.39 is 15.7 Å². The molecule has 0 aliphatic heterocycles. The first-order chi connectivity index (χ1) is 10.8. The Bertz CT molecular complexity index is 596. The van der Waals surface area contributed by atoms with Gasteiger partial charge in [0.1, 0.15) is 5.00 Å². The predicted octanol–water partition coefficient (Wildman–Crippen LogP) is 4.89. The number of thiophene rings is 1.